The van der Waals surface area contributed by atoms with Gasteiger partial charge in [0.15, 0.2) is 0 Å². The van der Waals surface area contributed by atoms with Gasteiger partial charge in [-0.15, -0.1) is 0 Å². The normalized spacial score (nSPS) is 10.8. The number of H-pyrrole nitrogens is 1. The number of hydrogen-bond acceptors (Lipinski definition) is 2. The van der Waals surface area contributed by atoms with Crippen LogP contribution in [-0.4, -0.2) is 10.9 Å². The molecular weight excluding hydrogens is 401 g/mol. The summed E-state index contributed by atoms with van der Waals surface area (Å²) in [5.41, 5.74) is 8.46. The number of carbonyl (C=O) groups is 1. The minimum Gasteiger partial charge on any atom is -0.397 e. The van der Waals surface area contributed by atoms with Crippen LogP contribution in [0.2, 0.25) is 5.02 Å². The Morgan fingerprint density at radius 1 is 1.24 bits per heavy atom. The minimum absolute atomic E-state index is 0.217. The highest BCUT2D eigenvalue weighted by molar-refractivity contribution is 14.1. The zero-order valence-electron chi connectivity index (χ0n) is 10.8. The maximum Gasteiger partial charge on any atom is 0.272 e. The summed E-state index contributed by atoms with van der Waals surface area (Å²) in [6.07, 6.45) is 0. The highest BCUT2D eigenvalue weighted by Gasteiger charge is 2.12. The molecule has 0 radical (unpaired) electrons. The molecule has 0 bridgehead atoms. The third-order valence-electron chi connectivity index (χ3n) is 3.11. The molecule has 6 heteroatoms. The minimum atomic E-state index is -0.217. The SMILES string of the molecule is Nc1cccc2cc(C(=O)Nc3ccc(Cl)cc3I)[nH]c12. The van der Waals surface area contributed by atoms with Gasteiger partial charge < -0.3 is 16.0 Å². The number of rotatable bonds is 2. The van der Waals surface area contributed by atoms with Gasteiger partial charge in [0, 0.05) is 14.0 Å². The predicted octanol–water partition coefficient (Wildman–Crippen LogP) is 4.26. The molecule has 0 fully saturated rings. The van der Waals surface area contributed by atoms with Crippen LogP contribution in [0, 0.1) is 3.57 Å². The summed E-state index contributed by atoms with van der Waals surface area (Å²) in [6.45, 7) is 0. The monoisotopic (exact) mass is 411 g/mol. The molecule has 0 aliphatic carbocycles. The van der Waals surface area contributed by atoms with Crippen LogP contribution >= 0.6 is 34.2 Å². The molecule has 4 nitrogen and oxygen atoms in total. The number of para-hydroxylation sites is 1. The van der Waals surface area contributed by atoms with E-state index in [1.165, 1.54) is 0 Å². The summed E-state index contributed by atoms with van der Waals surface area (Å²) in [7, 11) is 0. The first-order valence-corrected chi connectivity index (χ1v) is 7.64. The van der Waals surface area contributed by atoms with Crippen molar-refractivity contribution in [3.8, 4) is 0 Å². The Morgan fingerprint density at radius 3 is 2.76 bits per heavy atom. The maximum absolute atomic E-state index is 12.3. The third kappa shape index (κ3) is 2.84. The molecule has 0 spiro atoms. The molecule has 106 valence electrons. The zero-order chi connectivity index (χ0) is 15.0. The number of nitrogens with two attached hydrogens (primary N) is 1. The number of carbonyl (C=O) groups excluding carboxylic acids is 1. The average molecular weight is 412 g/mol. The van der Waals surface area contributed by atoms with Crippen LogP contribution in [0.4, 0.5) is 11.4 Å². The highest BCUT2D eigenvalue weighted by atomic mass is 127. The summed E-state index contributed by atoms with van der Waals surface area (Å²) in [5, 5.41) is 4.40. The highest BCUT2D eigenvalue weighted by Crippen LogP contribution is 2.24. The predicted molar refractivity (Wildman–Crippen MR) is 94.8 cm³/mol. The van der Waals surface area contributed by atoms with E-state index in [0.717, 1.165) is 20.2 Å². The van der Waals surface area contributed by atoms with Crippen molar-refractivity contribution in [2.45, 2.75) is 0 Å². The van der Waals surface area contributed by atoms with E-state index >= 15 is 0 Å². The van der Waals surface area contributed by atoms with Gasteiger partial charge in [0.25, 0.3) is 5.91 Å². The van der Waals surface area contributed by atoms with Crippen molar-refractivity contribution in [1.29, 1.82) is 0 Å². The number of nitrogens with one attached hydrogen (secondary N) is 2. The van der Waals surface area contributed by atoms with Gasteiger partial charge in [0.05, 0.1) is 16.9 Å². The van der Waals surface area contributed by atoms with Gasteiger partial charge >= 0.3 is 0 Å². The molecule has 0 atom stereocenters. The number of hydrogen-bond donors (Lipinski definition) is 3. The van der Waals surface area contributed by atoms with Crippen molar-refractivity contribution < 1.29 is 4.79 Å². The largest absolute Gasteiger partial charge is 0.397 e. The van der Waals surface area contributed by atoms with Crippen LogP contribution < -0.4 is 11.1 Å². The first-order chi connectivity index (χ1) is 10.0. The fourth-order valence-corrected chi connectivity index (χ4v) is 3.09. The summed E-state index contributed by atoms with van der Waals surface area (Å²) >= 11 is 8.03. The maximum atomic E-state index is 12.3. The van der Waals surface area contributed by atoms with Crippen molar-refractivity contribution >= 4 is 62.4 Å². The van der Waals surface area contributed by atoms with Gasteiger partial charge in [-0.1, -0.05) is 23.7 Å². The fraction of sp³-hybridized carbons (Fsp3) is 0. The molecule has 4 N–H and O–H groups in total. The molecule has 21 heavy (non-hydrogen) atoms. The summed E-state index contributed by atoms with van der Waals surface area (Å²) < 4.78 is 0.879. The number of fused-ring (bicyclic) bond motifs is 1. The lowest BCUT2D eigenvalue weighted by molar-refractivity contribution is 0.102. The van der Waals surface area contributed by atoms with E-state index in [0.29, 0.717) is 16.4 Å². The molecule has 0 saturated heterocycles. The van der Waals surface area contributed by atoms with Crippen LogP contribution in [0.3, 0.4) is 0 Å². The topological polar surface area (TPSA) is 70.9 Å². The zero-order valence-corrected chi connectivity index (χ0v) is 13.7. The van der Waals surface area contributed by atoms with Gasteiger partial charge in [-0.2, -0.15) is 0 Å². The summed E-state index contributed by atoms with van der Waals surface area (Å²) in [6, 6.07) is 12.6. The van der Waals surface area contributed by atoms with Gasteiger partial charge in [-0.05, 0) is 52.9 Å². The van der Waals surface area contributed by atoms with Crippen LogP contribution in [0.5, 0.6) is 0 Å². The number of amides is 1. The smallest absolute Gasteiger partial charge is 0.272 e. The van der Waals surface area contributed by atoms with Gasteiger partial charge in [0.2, 0.25) is 0 Å². The Labute approximate surface area is 139 Å². The third-order valence-corrected chi connectivity index (χ3v) is 4.24. The molecule has 0 unspecified atom stereocenters. The number of nitrogen functional groups attached to an aromatic ring is 1. The van der Waals surface area contributed by atoms with Crippen molar-refractivity contribution in [3.05, 3.63) is 56.8 Å². The van der Waals surface area contributed by atoms with E-state index in [1.807, 2.05) is 12.1 Å². The number of benzene rings is 2. The molecule has 0 aliphatic heterocycles. The van der Waals surface area contributed by atoms with Crippen LogP contribution in [-0.2, 0) is 0 Å². The standard InChI is InChI=1S/C15H11ClIN3O/c16-9-4-5-12(10(17)7-9)20-15(21)13-6-8-2-1-3-11(18)14(8)19-13/h1-7,19H,18H2,(H,20,21). The van der Waals surface area contributed by atoms with Crippen LogP contribution in [0.25, 0.3) is 10.9 Å². The second-order valence-corrected chi connectivity index (χ2v) is 6.17. The molecule has 0 saturated carbocycles. The summed E-state index contributed by atoms with van der Waals surface area (Å²) in [4.78, 5) is 15.4. The molecule has 0 aliphatic rings. The quantitative estimate of drug-likeness (QED) is 0.435. The van der Waals surface area contributed by atoms with Crippen LogP contribution in [0.1, 0.15) is 10.5 Å². The Morgan fingerprint density at radius 2 is 2.05 bits per heavy atom. The molecule has 2 aromatic carbocycles. The molecular formula is C15H11ClIN3O. The van der Waals surface area contributed by atoms with Gasteiger partial charge in [0.1, 0.15) is 5.69 Å². The van der Waals surface area contributed by atoms with Crippen LogP contribution in [0.15, 0.2) is 42.5 Å². The second-order valence-electron chi connectivity index (χ2n) is 4.57. The second kappa shape index (κ2) is 5.57. The lowest BCUT2D eigenvalue weighted by atomic mass is 10.2. The van der Waals surface area contributed by atoms with E-state index < -0.39 is 0 Å². The van der Waals surface area contributed by atoms with Gasteiger partial charge in [-0.3, -0.25) is 4.79 Å². The Bertz CT molecular complexity index is 844. The Hall–Kier alpha value is -1.73. The molecule has 1 amide bonds. The first-order valence-electron chi connectivity index (χ1n) is 6.18. The van der Waals surface area contributed by atoms with Crippen molar-refractivity contribution in [2.75, 3.05) is 11.1 Å². The number of aromatic nitrogens is 1. The number of aromatic amines is 1. The van der Waals surface area contributed by atoms with Gasteiger partial charge in [-0.25, -0.2) is 0 Å². The molecule has 3 rings (SSSR count). The number of halogens is 2. The van der Waals surface area contributed by atoms with E-state index in [-0.39, 0.29) is 5.91 Å². The molecule has 1 aromatic heterocycles. The lowest BCUT2D eigenvalue weighted by Gasteiger charge is -2.06. The average Bonchev–Trinajstić information content (AvgIpc) is 2.87. The molecule has 1 heterocycles. The van der Waals surface area contributed by atoms with Crippen molar-refractivity contribution in [3.63, 3.8) is 0 Å². The Balaban J connectivity index is 1.92. The van der Waals surface area contributed by atoms with E-state index in [9.17, 15) is 4.79 Å². The van der Waals surface area contributed by atoms with E-state index in [1.54, 1.807) is 30.3 Å². The molecule has 3 aromatic rings. The van der Waals surface area contributed by atoms with E-state index in [2.05, 4.69) is 32.9 Å². The number of anilines is 2. The summed E-state index contributed by atoms with van der Waals surface area (Å²) in [5.74, 6) is -0.217. The van der Waals surface area contributed by atoms with E-state index in [4.69, 9.17) is 17.3 Å². The fourth-order valence-electron chi connectivity index (χ4n) is 2.08. The Kier molecular flexibility index (Phi) is 3.77. The first kappa shape index (κ1) is 14.2. The lowest BCUT2D eigenvalue weighted by Crippen LogP contribution is -2.13. The van der Waals surface area contributed by atoms with Crippen molar-refractivity contribution in [1.82, 2.24) is 4.98 Å². The van der Waals surface area contributed by atoms with Crippen molar-refractivity contribution in [2.24, 2.45) is 0 Å².